The van der Waals surface area contributed by atoms with Gasteiger partial charge in [0.2, 0.25) is 0 Å². The predicted octanol–water partition coefficient (Wildman–Crippen LogP) is 3.11. The molecule has 2 aliphatic carbocycles. The quantitative estimate of drug-likeness (QED) is 0.745. The minimum atomic E-state index is 0.320. The van der Waals surface area contributed by atoms with E-state index in [9.17, 15) is 0 Å². The highest BCUT2D eigenvalue weighted by Gasteiger charge is 2.48. The molecule has 0 spiro atoms. The zero-order chi connectivity index (χ0) is 11.6. The smallest absolute Gasteiger partial charge is 0.0652 e. The Labute approximate surface area is 100 Å². The van der Waals surface area contributed by atoms with Crippen molar-refractivity contribution in [3.05, 3.63) is 0 Å². The number of hydrogen-bond acceptors (Lipinski definition) is 2. The van der Waals surface area contributed by atoms with Crippen LogP contribution in [0.5, 0.6) is 0 Å². The molecule has 2 aliphatic rings. The second-order valence-electron chi connectivity index (χ2n) is 6.19. The predicted molar refractivity (Wildman–Crippen MR) is 67.6 cm³/mol. The summed E-state index contributed by atoms with van der Waals surface area (Å²) in [6.07, 6.45) is 10.1. The second kappa shape index (κ2) is 5.05. The molecule has 0 saturated heterocycles. The molecule has 2 fully saturated rings. The highest BCUT2D eigenvalue weighted by molar-refractivity contribution is 5.03. The van der Waals surface area contributed by atoms with Gasteiger partial charge in [-0.1, -0.05) is 39.5 Å². The Morgan fingerprint density at radius 1 is 1.06 bits per heavy atom. The molecule has 0 aliphatic heterocycles. The van der Waals surface area contributed by atoms with Crippen LogP contribution in [-0.2, 0) is 4.74 Å². The summed E-state index contributed by atoms with van der Waals surface area (Å²) >= 11 is 0. The highest BCUT2D eigenvalue weighted by atomic mass is 16.5. The Morgan fingerprint density at radius 3 is 2.19 bits per heavy atom. The van der Waals surface area contributed by atoms with Gasteiger partial charge in [0, 0.05) is 24.6 Å². The van der Waals surface area contributed by atoms with E-state index in [1.807, 2.05) is 7.11 Å². The van der Waals surface area contributed by atoms with E-state index >= 15 is 0 Å². The topological polar surface area (TPSA) is 21.3 Å². The van der Waals surface area contributed by atoms with E-state index in [1.165, 1.54) is 44.9 Å². The molecule has 0 bridgehead atoms. The van der Waals surface area contributed by atoms with Crippen LogP contribution in [-0.4, -0.2) is 25.3 Å². The van der Waals surface area contributed by atoms with Crippen LogP contribution < -0.4 is 5.32 Å². The number of rotatable bonds is 3. The van der Waals surface area contributed by atoms with Crippen LogP contribution in [0.3, 0.4) is 0 Å². The monoisotopic (exact) mass is 225 g/mol. The molecular formula is C14H27NO. The van der Waals surface area contributed by atoms with Crippen LogP contribution in [0.25, 0.3) is 0 Å². The Balaban J connectivity index is 1.81. The standard InChI is InChI=1S/C14H27NO/c1-14(2)12(10-13(14)16-3)15-11-8-6-4-5-7-9-11/h11-13,15H,4-10H2,1-3H3. The third-order valence-corrected chi connectivity index (χ3v) is 4.75. The largest absolute Gasteiger partial charge is 0.381 e. The van der Waals surface area contributed by atoms with E-state index < -0.39 is 0 Å². The Kier molecular flexibility index (Phi) is 3.91. The van der Waals surface area contributed by atoms with Gasteiger partial charge < -0.3 is 10.1 Å². The molecule has 0 aromatic rings. The Hall–Kier alpha value is -0.0800. The Bertz CT molecular complexity index is 219. The molecule has 2 unspecified atom stereocenters. The lowest BCUT2D eigenvalue weighted by Gasteiger charge is -2.52. The number of methoxy groups -OCH3 is 1. The first-order chi connectivity index (χ1) is 7.64. The summed E-state index contributed by atoms with van der Waals surface area (Å²) in [5.41, 5.74) is 0.320. The molecule has 0 radical (unpaired) electrons. The molecule has 2 nitrogen and oxygen atoms in total. The molecule has 2 heteroatoms. The molecule has 2 atom stereocenters. The molecule has 0 aromatic carbocycles. The summed E-state index contributed by atoms with van der Waals surface area (Å²) in [6, 6.07) is 1.44. The zero-order valence-electron chi connectivity index (χ0n) is 11.1. The summed E-state index contributed by atoms with van der Waals surface area (Å²) in [5, 5.41) is 3.87. The van der Waals surface area contributed by atoms with E-state index in [2.05, 4.69) is 19.2 Å². The van der Waals surface area contributed by atoms with Crippen LogP contribution in [0.1, 0.15) is 58.8 Å². The van der Waals surface area contributed by atoms with Crippen LogP contribution in [0, 0.1) is 5.41 Å². The van der Waals surface area contributed by atoms with Crippen LogP contribution in [0.4, 0.5) is 0 Å². The van der Waals surface area contributed by atoms with Crippen LogP contribution in [0.2, 0.25) is 0 Å². The first-order valence-electron chi connectivity index (χ1n) is 6.93. The molecule has 94 valence electrons. The Morgan fingerprint density at radius 2 is 1.69 bits per heavy atom. The maximum absolute atomic E-state index is 5.51. The van der Waals surface area contributed by atoms with E-state index in [1.54, 1.807) is 0 Å². The van der Waals surface area contributed by atoms with Gasteiger partial charge in [-0.25, -0.2) is 0 Å². The minimum Gasteiger partial charge on any atom is -0.381 e. The second-order valence-corrected chi connectivity index (χ2v) is 6.19. The highest BCUT2D eigenvalue weighted by Crippen LogP contribution is 2.43. The van der Waals surface area contributed by atoms with Crippen molar-refractivity contribution in [2.45, 2.75) is 77.0 Å². The van der Waals surface area contributed by atoms with Gasteiger partial charge in [-0.3, -0.25) is 0 Å². The molecule has 16 heavy (non-hydrogen) atoms. The van der Waals surface area contributed by atoms with Crippen molar-refractivity contribution < 1.29 is 4.74 Å². The van der Waals surface area contributed by atoms with Crippen molar-refractivity contribution in [2.24, 2.45) is 5.41 Å². The number of nitrogens with one attached hydrogen (secondary N) is 1. The van der Waals surface area contributed by atoms with Gasteiger partial charge in [-0.2, -0.15) is 0 Å². The van der Waals surface area contributed by atoms with Crippen molar-refractivity contribution in [1.82, 2.24) is 5.32 Å². The lowest BCUT2D eigenvalue weighted by Crippen LogP contribution is -2.62. The zero-order valence-corrected chi connectivity index (χ0v) is 11.1. The fourth-order valence-electron chi connectivity index (χ4n) is 3.30. The van der Waals surface area contributed by atoms with E-state index in [-0.39, 0.29) is 0 Å². The van der Waals surface area contributed by atoms with Gasteiger partial charge in [0.1, 0.15) is 0 Å². The number of hydrogen-bond donors (Lipinski definition) is 1. The van der Waals surface area contributed by atoms with E-state index in [4.69, 9.17) is 4.74 Å². The number of ether oxygens (including phenoxy) is 1. The first-order valence-corrected chi connectivity index (χ1v) is 6.93. The molecule has 0 heterocycles. The van der Waals surface area contributed by atoms with E-state index in [0.29, 0.717) is 17.6 Å². The van der Waals surface area contributed by atoms with Crippen molar-refractivity contribution in [2.75, 3.05) is 7.11 Å². The summed E-state index contributed by atoms with van der Waals surface area (Å²) < 4.78 is 5.51. The molecule has 2 saturated carbocycles. The summed E-state index contributed by atoms with van der Waals surface area (Å²) in [6.45, 7) is 4.66. The van der Waals surface area contributed by atoms with Crippen molar-refractivity contribution >= 4 is 0 Å². The fraction of sp³-hybridized carbons (Fsp3) is 1.00. The lowest BCUT2D eigenvalue weighted by molar-refractivity contribution is -0.101. The van der Waals surface area contributed by atoms with Gasteiger partial charge in [0.15, 0.2) is 0 Å². The van der Waals surface area contributed by atoms with Gasteiger partial charge in [0.05, 0.1) is 6.10 Å². The average Bonchev–Trinajstić information content (AvgIpc) is 2.52. The summed E-state index contributed by atoms with van der Waals surface area (Å²) in [7, 11) is 1.84. The van der Waals surface area contributed by atoms with Gasteiger partial charge in [0.25, 0.3) is 0 Å². The molecule has 0 amide bonds. The van der Waals surface area contributed by atoms with Crippen molar-refractivity contribution in [1.29, 1.82) is 0 Å². The molecule has 1 N–H and O–H groups in total. The fourth-order valence-corrected chi connectivity index (χ4v) is 3.30. The van der Waals surface area contributed by atoms with Crippen LogP contribution >= 0.6 is 0 Å². The first kappa shape index (κ1) is 12.4. The molecule has 2 rings (SSSR count). The summed E-state index contributed by atoms with van der Waals surface area (Å²) in [5.74, 6) is 0. The van der Waals surface area contributed by atoms with Gasteiger partial charge in [-0.15, -0.1) is 0 Å². The van der Waals surface area contributed by atoms with E-state index in [0.717, 1.165) is 6.04 Å². The maximum Gasteiger partial charge on any atom is 0.0652 e. The SMILES string of the molecule is COC1CC(NC2CCCCCC2)C1(C)C. The third-order valence-electron chi connectivity index (χ3n) is 4.75. The normalized spacial score (nSPS) is 35.4. The summed E-state index contributed by atoms with van der Waals surface area (Å²) in [4.78, 5) is 0. The third kappa shape index (κ3) is 2.43. The van der Waals surface area contributed by atoms with Crippen molar-refractivity contribution in [3.63, 3.8) is 0 Å². The van der Waals surface area contributed by atoms with Crippen LogP contribution in [0.15, 0.2) is 0 Å². The molecular weight excluding hydrogens is 198 g/mol. The molecule has 0 aromatic heterocycles. The average molecular weight is 225 g/mol. The minimum absolute atomic E-state index is 0.320. The van der Waals surface area contributed by atoms with Crippen molar-refractivity contribution in [3.8, 4) is 0 Å². The van der Waals surface area contributed by atoms with Gasteiger partial charge >= 0.3 is 0 Å². The maximum atomic E-state index is 5.51. The lowest BCUT2D eigenvalue weighted by atomic mass is 9.64. The van der Waals surface area contributed by atoms with Gasteiger partial charge in [-0.05, 0) is 19.3 Å².